The molecule has 4 N–H and O–H groups in total. The Balaban J connectivity index is 0.000000297. The van der Waals surface area contributed by atoms with E-state index in [1.165, 1.54) is 0 Å². The van der Waals surface area contributed by atoms with E-state index in [0.29, 0.717) is 59.2 Å². The maximum Gasteiger partial charge on any atom is 0.416 e. The Bertz CT molecular complexity index is 1860. The normalized spacial score (nSPS) is 38.8. The van der Waals surface area contributed by atoms with Gasteiger partial charge in [-0.1, -0.05) is 27.7 Å². The molecule has 14 nitrogen and oxygen atoms in total. The first kappa shape index (κ1) is 53.0. The third kappa shape index (κ3) is 10.6. The molecular formula is C50H75F3O14. The number of carboxylic acids is 1. The van der Waals surface area contributed by atoms with E-state index in [9.17, 15) is 52.2 Å². The number of cyclic esters (lactones) is 2. The van der Waals surface area contributed by atoms with Crippen molar-refractivity contribution in [2.45, 2.75) is 150 Å². The Kier molecular flexibility index (Phi) is 15.7. The van der Waals surface area contributed by atoms with Crippen molar-refractivity contribution in [2.75, 3.05) is 19.8 Å². The molecule has 0 aromatic heterocycles. The molecule has 0 amide bonds. The Morgan fingerprint density at radius 3 is 1.82 bits per heavy atom. The predicted molar refractivity (Wildman–Crippen MR) is 233 cm³/mol. The zero-order valence-corrected chi connectivity index (χ0v) is 40.6. The lowest BCUT2D eigenvalue weighted by Crippen LogP contribution is -2.50. The molecule has 0 aromatic carbocycles. The molecule has 6 bridgehead atoms. The maximum atomic E-state index is 13.4. The van der Waals surface area contributed by atoms with Crippen LogP contribution in [0.25, 0.3) is 0 Å². The van der Waals surface area contributed by atoms with Gasteiger partial charge in [-0.25, -0.2) is 0 Å². The average molecular weight is 957 g/mol. The number of alkyl halides is 3. The number of hydrogen-bond acceptors (Lipinski definition) is 13. The summed E-state index contributed by atoms with van der Waals surface area (Å²) in [5, 5.41) is 38.8. The molecule has 6 aliphatic carbocycles. The number of carbonyl (C=O) groups excluding carboxylic acids is 5. The summed E-state index contributed by atoms with van der Waals surface area (Å²) in [6, 6.07) is 0. The Labute approximate surface area is 392 Å². The van der Waals surface area contributed by atoms with E-state index in [2.05, 4.69) is 18.6 Å². The number of ether oxygens (including phenoxy) is 4. The van der Waals surface area contributed by atoms with Crippen molar-refractivity contribution in [3.05, 3.63) is 0 Å². The van der Waals surface area contributed by atoms with E-state index in [1.54, 1.807) is 27.7 Å². The van der Waals surface area contributed by atoms with Crippen LogP contribution in [0.4, 0.5) is 13.2 Å². The highest BCUT2D eigenvalue weighted by atomic mass is 19.4. The van der Waals surface area contributed by atoms with E-state index in [-0.39, 0.29) is 80.6 Å². The van der Waals surface area contributed by atoms with Gasteiger partial charge in [0.05, 0.1) is 55.3 Å². The highest BCUT2D eigenvalue weighted by Crippen LogP contribution is 2.72. The van der Waals surface area contributed by atoms with Crippen molar-refractivity contribution in [2.24, 2.45) is 107 Å². The van der Waals surface area contributed by atoms with Crippen LogP contribution < -0.4 is 0 Å². The molecule has 67 heavy (non-hydrogen) atoms. The van der Waals surface area contributed by atoms with E-state index < -0.39 is 71.0 Å². The van der Waals surface area contributed by atoms with Crippen molar-refractivity contribution in [3.8, 4) is 0 Å². The van der Waals surface area contributed by atoms with E-state index in [4.69, 9.17) is 24.4 Å². The van der Waals surface area contributed by atoms with Crippen LogP contribution in [0, 0.1) is 107 Å². The van der Waals surface area contributed by atoms with Crippen LogP contribution in [0.3, 0.4) is 0 Å². The van der Waals surface area contributed by atoms with E-state index in [1.807, 2.05) is 13.8 Å². The van der Waals surface area contributed by atoms with Crippen LogP contribution in [-0.2, 0) is 47.7 Å². The van der Waals surface area contributed by atoms with Gasteiger partial charge in [-0.15, -0.1) is 0 Å². The van der Waals surface area contributed by atoms with Crippen molar-refractivity contribution < 1.29 is 81.3 Å². The zero-order valence-electron chi connectivity index (χ0n) is 40.6. The van der Waals surface area contributed by atoms with Gasteiger partial charge in [-0.2, -0.15) is 13.2 Å². The lowest BCUT2D eigenvalue weighted by molar-refractivity contribution is -0.255. The number of aliphatic carboxylic acids is 1. The highest BCUT2D eigenvalue weighted by molar-refractivity contribution is 5.96. The minimum absolute atomic E-state index is 0.0341. The topological polar surface area (TPSA) is 220 Å². The number of carbonyl (C=O) groups is 6. The summed E-state index contributed by atoms with van der Waals surface area (Å²) in [5.41, 5.74) is -4.59. The van der Waals surface area contributed by atoms with E-state index >= 15 is 0 Å². The Hall–Kier alpha value is -3.31. The van der Waals surface area contributed by atoms with Gasteiger partial charge in [0.15, 0.2) is 5.60 Å². The molecule has 6 saturated carbocycles. The Morgan fingerprint density at radius 2 is 1.28 bits per heavy atom. The molecule has 1 heterocycles. The molecule has 380 valence electrons. The van der Waals surface area contributed by atoms with Crippen molar-refractivity contribution in [1.82, 2.24) is 0 Å². The quantitative estimate of drug-likeness (QED) is 0.0511. The fourth-order valence-corrected chi connectivity index (χ4v) is 15.0. The first-order valence-corrected chi connectivity index (χ1v) is 24.7. The first-order valence-electron chi connectivity index (χ1n) is 24.7. The summed E-state index contributed by atoms with van der Waals surface area (Å²) in [7, 11) is 0. The summed E-state index contributed by atoms with van der Waals surface area (Å²) in [5.74, 6) is -0.607. The second kappa shape index (κ2) is 19.8. The molecule has 1 saturated heterocycles. The molecule has 0 radical (unpaired) electrons. The molecule has 7 aliphatic rings. The number of aliphatic hydroxyl groups is 3. The molecule has 0 spiro atoms. The summed E-state index contributed by atoms with van der Waals surface area (Å²) < 4.78 is 60.0. The van der Waals surface area contributed by atoms with Crippen molar-refractivity contribution >= 4 is 35.8 Å². The maximum absolute atomic E-state index is 13.4. The number of aliphatic hydroxyl groups excluding tert-OH is 1. The fourth-order valence-electron chi connectivity index (χ4n) is 15.0. The highest BCUT2D eigenvalue weighted by Gasteiger charge is 2.68. The van der Waals surface area contributed by atoms with Gasteiger partial charge in [0, 0.05) is 5.92 Å². The van der Waals surface area contributed by atoms with Crippen molar-refractivity contribution in [1.29, 1.82) is 0 Å². The summed E-state index contributed by atoms with van der Waals surface area (Å²) in [6.45, 7) is 15.6. The average Bonchev–Trinajstić information content (AvgIpc) is 4.10. The molecule has 0 aromatic rings. The van der Waals surface area contributed by atoms with Crippen molar-refractivity contribution in [3.63, 3.8) is 0 Å². The first-order chi connectivity index (χ1) is 31.0. The second-order valence-electron chi connectivity index (χ2n) is 22.9. The zero-order chi connectivity index (χ0) is 49.9. The SMILES string of the molecule is CC1C(=O)OC(=O)C1[C@H](C)C(C)(C)OC(=O)CCC(=O)O.CC1C2CC(CC2C(=O)OCCO)C1[C@@H]1C2CC(CC2C(C)(C)O)C1[C@H]1C(C)C2CC(C(=O)OCCCC(C)(O)C(F)(F)F)C1C2. The van der Waals surface area contributed by atoms with Gasteiger partial charge in [0.25, 0.3) is 0 Å². The number of fused-ring (bicyclic) bond motifs is 6. The van der Waals surface area contributed by atoms with Crippen LogP contribution >= 0.6 is 0 Å². The van der Waals surface area contributed by atoms with Crippen LogP contribution in [0.15, 0.2) is 0 Å². The number of carboxylic acid groups (broad SMARTS) is 1. The number of rotatable bonds is 17. The lowest BCUT2D eigenvalue weighted by Gasteiger charge is -2.51. The van der Waals surface area contributed by atoms with Crippen LogP contribution in [0.2, 0.25) is 0 Å². The minimum atomic E-state index is -4.73. The molecule has 1 aliphatic heterocycles. The van der Waals surface area contributed by atoms with Gasteiger partial charge >= 0.3 is 42.0 Å². The fraction of sp³-hybridized carbons (Fsp3) is 0.880. The minimum Gasteiger partial charge on any atom is -0.481 e. The third-order valence-corrected chi connectivity index (χ3v) is 18.4. The molecule has 7 rings (SSSR count). The number of halogens is 3. The van der Waals surface area contributed by atoms with Crippen LogP contribution in [0.1, 0.15) is 127 Å². The largest absolute Gasteiger partial charge is 0.481 e. The molecule has 7 fully saturated rings. The smallest absolute Gasteiger partial charge is 0.416 e. The number of hydrogen-bond donors (Lipinski definition) is 4. The van der Waals surface area contributed by atoms with Gasteiger partial charge in [0.2, 0.25) is 0 Å². The number of esters is 5. The summed E-state index contributed by atoms with van der Waals surface area (Å²) >= 11 is 0. The van der Waals surface area contributed by atoms with Gasteiger partial charge in [-0.05, 0) is 163 Å². The summed E-state index contributed by atoms with van der Waals surface area (Å²) in [6.07, 6.45) is -0.181. The molecule has 16 unspecified atom stereocenters. The van der Waals surface area contributed by atoms with Gasteiger partial charge in [0.1, 0.15) is 12.2 Å². The van der Waals surface area contributed by atoms with Crippen LogP contribution in [0.5, 0.6) is 0 Å². The standard InChI is InChI=1S/C36H55F3O7.C14H20O7/c1-17-19-11-23(25(12-19)33(42)45-9-6-7-35(5,44)36(37,38)39)29(17)30-21-15-26(27(16-21)34(3,4)43)31(30)28-18(2)22-13-20(28)14-24(22)32(41)46-10-8-40;1-7-11(13(19)20-12(7)18)8(2)14(3,4)21-10(17)6-5-9(15)16/h17-31,40,43-44H,6-16H2,1-5H3;7-8,11H,5-6H2,1-4H3,(H,15,16)/t17?,18?,19?,20?,21?,22?,23?,24?,25?,26?,27?,28?,29-,30?,31-,35?;7?,8-,11?/m00/s1. The molecular weight excluding hydrogens is 882 g/mol. The van der Waals surface area contributed by atoms with Crippen LogP contribution in [-0.4, -0.2) is 99.0 Å². The molecule has 17 heteroatoms. The van der Waals surface area contributed by atoms with Gasteiger partial charge < -0.3 is 39.4 Å². The summed E-state index contributed by atoms with van der Waals surface area (Å²) in [4.78, 5) is 71.5. The van der Waals surface area contributed by atoms with E-state index in [0.717, 1.165) is 45.4 Å². The molecule has 19 atom stereocenters. The Morgan fingerprint density at radius 1 is 0.716 bits per heavy atom. The lowest BCUT2D eigenvalue weighted by atomic mass is 9.54. The predicted octanol–water partition coefficient (Wildman–Crippen LogP) is 6.78. The second-order valence-corrected chi connectivity index (χ2v) is 22.9. The van der Waals surface area contributed by atoms with Gasteiger partial charge in [-0.3, -0.25) is 28.8 Å². The monoisotopic (exact) mass is 957 g/mol. The third-order valence-electron chi connectivity index (χ3n) is 18.4.